The van der Waals surface area contributed by atoms with Crippen LogP contribution in [0.5, 0.6) is 0 Å². The Morgan fingerprint density at radius 3 is 2.48 bits per heavy atom. The van der Waals surface area contributed by atoms with Crippen LogP contribution in [0.25, 0.3) is 11.4 Å². The van der Waals surface area contributed by atoms with Crippen LogP contribution in [-0.4, -0.2) is 52.0 Å². The third kappa shape index (κ3) is 4.37. The summed E-state index contributed by atoms with van der Waals surface area (Å²) in [5, 5.41) is 4.10. The quantitative estimate of drug-likeness (QED) is 0.631. The first-order valence-electron chi connectivity index (χ1n) is 10.7. The number of benzene rings is 2. The molecule has 160 valence electrons. The molecular weight excluding hydrogens is 395 g/mol. The first-order valence-corrected chi connectivity index (χ1v) is 10.7. The fourth-order valence-corrected chi connectivity index (χ4v) is 4.24. The van der Waals surface area contributed by atoms with Gasteiger partial charge in [0.2, 0.25) is 17.6 Å². The number of piperazine rings is 1. The molecule has 0 bridgehead atoms. The van der Waals surface area contributed by atoms with E-state index in [1.165, 1.54) is 17.7 Å². The fourth-order valence-electron chi connectivity index (χ4n) is 4.24. The number of hydrogen-bond donors (Lipinski definition) is 0. The lowest BCUT2D eigenvalue weighted by molar-refractivity contribution is -0.134. The van der Waals surface area contributed by atoms with Gasteiger partial charge in [0.15, 0.2) is 0 Å². The highest BCUT2D eigenvalue weighted by atomic mass is 19.1. The van der Waals surface area contributed by atoms with Crippen molar-refractivity contribution < 1.29 is 13.7 Å². The van der Waals surface area contributed by atoms with Crippen LogP contribution in [-0.2, 0) is 11.3 Å². The van der Waals surface area contributed by atoms with Crippen molar-refractivity contribution in [1.29, 1.82) is 0 Å². The summed E-state index contributed by atoms with van der Waals surface area (Å²) in [5.41, 5.74) is 3.19. The normalized spacial score (nSPS) is 21.3. The summed E-state index contributed by atoms with van der Waals surface area (Å²) in [4.78, 5) is 21.6. The summed E-state index contributed by atoms with van der Waals surface area (Å²) in [7, 11) is 0. The number of nitrogens with zero attached hydrogens (tertiary/aromatic N) is 4. The van der Waals surface area contributed by atoms with Gasteiger partial charge in [-0.25, -0.2) is 4.39 Å². The molecule has 1 saturated heterocycles. The van der Waals surface area contributed by atoms with Gasteiger partial charge in [-0.1, -0.05) is 47.1 Å². The maximum Gasteiger partial charge on any atom is 0.241 e. The summed E-state index contributed by atoms with van der Waals surface area (Å²) >= 11 is 0. The Hall–Kier alpha value is -3.06. The molecule has 1 aromatic heterocycles. The largest absolute Gasteiger partial charge is 0.340 e. The number of carbonyl (C=O) groups excluding carboxylic acids is 1. The molecule has 2 heterocycles. The monoisotopic (exact) mass is 420 g/mol. The number of carbonyl (C=O) groups is 1. The number of aryl methyl sites for hydroxylation is 1. The first-order chi connectivity index (χ1) is 15.1. The van der Waals surface area contributed by atoms with Crippen molar-refractivity contribution in [1.82, 2.24) is 19.9 Å². The molecule has 3 aromatic rings. The second kappa shape index (κ2) is 8.23. The highest BCUT2D eigenvalue weighted by molar-refractivity contribution is 5.83. The minimum atomic E-state index is -0.240. The maximum absolute atomic E-state index is 13.1. The lowest BCUT2D eigenvalue weighted by Gasteiger charge is -2.34. The van der Waals surface area contributed by atoms with Gasteiger partial charge >= 0.3 is 0 Å². The van der Waals surface area contributed by atoms with Gasteiger partial charge in [0.1, 0.15) is 5.82 Å². The van der Waals surface area contributed by atoms with E-state index in [-0.39, 0.29) is 23.6 Å². The molecule has 2 atom stereocenters. The van der Waals surface area contributed by atoms with Crippen molar-refractivity contribution >= 4 is 5.91 Å². The molecule has 2 aliphatic rings. The van der Waals surface area contributed by atoms with Crippen LogP contribution in [0.1, 0.15) is 29.4 Å². The number of aromatic nitrogens is 2. The van der Waals surface area contributed by atoms with E-state index in [1.54, 1.807) is 12.1 Å². The molecule has 2 aromatic carbocycles. The van der Waals surface area contributed by atoms with Crippen LogP contribution in [0.2, 0.25) is 0 Å². The average molecular weight is 420 g/mol. The summed E-state index contributed by atoms with van der Waals surface area (Å²) in [5.74, 6) is 1.43. The first kappa shape index (κ1) is 19.9. The van der Waals surface area contributed by atoms with E-state index in [0.717, 1.165) is 30.6 Å². The molecule has 1 aliphatic heterocycles. The SMILES string of the molecule is Cc1ccc(-c2noc(CN3CCN(C(=O)C4CC4c4ccc(F)cc4)CC3)n2)cc1. The van der Waals surface area contributed by atoms with Crippen molar-refractivity contribution in [3.63, 3.8) is 0 Å². The van der Waals surface area contributed by atoms with Gasteiger partial charge in [0.05, 0.1) is 6.54 Å². The van der Waals surface area contributed by atoms with Crippen molar-refractivity contribution in [3.8, 4) is 11.4 Å². The Morgan fingerprint density at radius 1 is 1.06 bits per heavy atom. The maximum atomic E-state index is 13.1. The summed E-state index contributed by atoms with van der Waals surface area (Å²) in [6.45, 7) is 5.59. The number of halogens is 1. The standard InChI is InChI=1S/C24H25FN4O2/c1-16-2-4-18(5-3-16)23-26-22(31-27-23)15-28-10-12-29(13-11-28)24(30)21-14-20(21)17-6-8-19(25)9-7-17/h2-9,20-21H,10-15H2,1H3. The van der Waals surface area contributed by atoms with E-state index in [2.05, 4.69) is 15.0 Å². The minimum absolute atomic E-state index is 0.0324. The predicted molar refractivity (Wildman–Crippen MR) is 114 cm³/mol. The molecule has 1 aliphatic carbocycles. The molecule has 0 N–H and O–H groups in total. The third-order valence-corrected chi connectivity index (χ3v) is 6.23. The van der Waals surface area contributed by atoms with Crippen LogP contribution in [0.4, 0.5) is 4.39 Å². The van der Waals surface area contributed by atoms with Gasteiger partial charge < -0.3 is 9.42 Å². The van der Waals surface area contributed by atoms with Gasteiger partial charge in [-0.2, -0.15) is 4.98 Å². The number of rotatable bonds is 5. The molecule has 2 unspecified atom stereocenters. The van der Waals surface area contributed by atoms with Gasteiger partial charge in [-0.05, 0) is 37.0 Å². The highest BCUT2D eigenvalue weighted by Gasteiger charge is 2.46. The fraction of sp³-hybridized carbons (Fsp3) is 0.375. The lowest BCUT2D eigenvalue weighted by atomic mass is 10.1. The number of hydrogen-bond acceptors (Lipinski definition) is 5. The zero-order valence-electron chi connectivity index (χ0n) is 17.5. The Bertz CT molecular complexity index is 1060. The molecular formula is C24H25FN4O2. The Morgan fingerprint density at radius 2 is 1.77 bits per heavy atom. The molecule has 1 amide bonds. The van der Waals surface area contributed by atoms with E-state index in [9.17, 15) is 9.18 Å². The topological polar surface area (TPSA) is 62.5 Å². The Kier molecular flexibility index (Phi) is 5.28. The molecule has 0 spiro atoms. The molecule has 2 fully saturated rings. The third-order valence-electron chi connectivity index (χ3n) is 6.23. The van der Waals surface area contributed by atoms with E-state index >= 15 is 0 Å². The van der Waals surface area contributed by atoms with E-state index in [0.29, 0.717) is 31.3 Å². The lowest BCUT2D eigenvalue weighted by Crippen LogP contribution is -2.48. The van der Waals surface area contributed by atoms with E-state index in [1.807, 2.05) is 36.1 Å². The van der Waals surface area contributed by atoms with E-state index in [4.69, 9.17) is 4.52 Å². The smallest absolute Gasteiger partial charge is 0.241 e. The molecule has 5 rings (SSSR count). The molecule has 1 saturated carbocycles. The highest BCUT2D eigenvalue weighted by Crippen LogP contribution is 2.48. The summed E-state index contributed by atoms with van der Waals surface area (Å²) in [6.07, 6.45) is 0.856. The number of amides is 1. The molecule has 7 heteroatoms. The van der Waals surface area contributed by atoms with Crippen LogP contribution >= 0.6 is 0 Å². The molecule has 6 nitrogen and oxygen atoms in total. The average Bonchev–Trinajstić information content (AvgIpc) is 3.45. The molecule has 31 heavy (non-hydrogen) atoms. The zero-order chi connectivity index (χ0) is 21.4. The van der Waals surface area contributed by atoms with Crippen LogP contribution < -0.4 is 0 Å². The van der Waals surface area contributed by atoms with Gasteiger partial charge in [0.25, 0.3) is 0 Å². The van der Waals surface area contributed by atoms with Gasteiger partial charge in [-0.3, -0.25) is 9.69 Å². The summed E-state index contributed by atoms with van der Waals surface area (Å²) in [6, 6.07) is 14.6. The predicted octanol–water partition coefficient (Wildman–Crippen LogP) is 3.63. The van der Waals surface area contributed by atoms with Crippen LogP contribution in [0.3, 0.4) is 0 Å². The zero-order valence-corrected chi connectivity index (χ0v) is 17.5. The van der Waals surface area contributed by atoms with Crippen LogP contribution in [0.15, 0.2) is 53.1 Å². The second-order valence-electron chi connectivity index (χ2n) is 8.48. The van der Waals surface area contributed by atoms with Crippen LogP contribution in [0, 0.1) is 18.7 Å². The van der Waals surface area contributed by atoms with Crippen molar-refractivity contribution in [2.75, 3.05) is 26.2 Å². The minimum Gasteiger partial charge on any atom is -0.340 e. The van der Waals surface area contributed by atoms with Crippen molar-refractivity contribution in [2.24, 2.45) is 5.92 Å². The van der Waals surface area contributed by atoms with Crippen molar-refractivity contribution in [2.45, 2.75) is 25.8 Å². The molecule has 0 radical (unpaired) electrons. The Labute approximate surface area is 180 Å². The van der Waals surface area contributed by atoms with E-state index < -0.39 is 0 Å². The van der Waals surface area contributed by atoms with Crippen molar-refractivity contribution in [3.05, 3.63) is 71.4 Å². The summed E-state index contributed by atoms with van der Waals surface area (Å²) < 4.78 is 18.6. The second-order valence-corrected chi connectivity index (χ2v) is 8.48. The Balaban J connectivity index is 1.12. The van der Waals surface area contributed by atoms with Gasteiger partial charge in [0, 0.05) is 37.7 Å². The van der Waals surface area contributed by atoms with Gasteiger partial charge in [-0.15, -0.1) is 0 Å².